The Morgan fingerprint density at radius 2 is 1.81 bits per heavy atom. The van der Waals surface area contributed by atoms with Crippen LogP contribution in [0.2, 0.25) is 0 Å². The van der Waals surface area contributed by atoms with Gasteiger partial charge in [-0.3, -0.25) is 0 Å². The summed E-state index contributed by atoms with van der Waals surface area (Å²) in [7, 11) is 0. The molecule has 1 aromatic carbocycles. The van der Waals surface area contributed by atoms with Gasteiger partial charge in [-0.2, -0.15) is 0 Å². The lowest BCUT2D eigenvalue weighted by molar-refractivity contribution is 0.0937. The number of likely N-dealkylation sites (tertiary alicyclic amines) is 1. The number of benzene rings is 1. The summed E-state index contributed by atoms with van der Waals surface area (Å²) < 4.78 is 0. The van der Waals surface area contributed by atoms with Crippen molar-refractivity contribution in [2.75, 3.05) is 26.2 Å². The van der Waals surface area contributed by atoms with E-state index in [2.05, 4.69) is 10.2 Å². The number of hydrogen-bond donors (Lipinski definition) is 3. The highest BCUT2D eigenvalue weighted by molar-refractivity contribution is 5.24. The molecule has 1 saturated heterocycles. The fourth-order valence-electron chi connectivity index (χ4n) is 2.90. The Morgan fingerprint density at radius 3 is 2.38 bits per heavy atom. The number of hydrogen-bond acceptors (Lipinski definition) is 4. The first-order chi connectivity index (χ1) is 10.1. The van der Waals surface area contributed by atoms with Crippen molar-refractivity contribution in [3.05, 3.63) is 35.4 Å². The van der Waals surface area contributed by atoms with Gasteiger partial charge >= 0.3 is 0 Å². The van der Waals surface area contributed by atoms with Crippen LogP contribution >= 0.6 is 0 Å². The van der Waals surface area contributed by atoms with Gasteiger partial charge in [0.2, 0.25) is 0 Å². The molecule has 21 heavy (non-hydrogen) atoms. The summed E-state index contributed by atoms with van der Waals surface area (Å²) >= 11 is 0. The Morgan fingerprint density at radius 1 is 1.19 bits per heavy atom. The van der Waals surface area contributed by atoms with E-state index in [0.29, 0.717) is 0 Å². The van der Waals surface area contributed by atoms with Gasteiger partial charge in [0, 0.05) is 12.6 Å². The number of aryl methyl sites for hydroxylation is 1. The third-order valence-electron chi connectivity index (χ3n) is 4.23. The molecule has 2 rings (SSSR count). The van der Waals surface area contributed by atoms with E-state index in [1.54, 1.807) is 0 Å². The van der Waals surface area contributed by atoms with E-state index in [0.717, 1.165) is 25.2 Å². The summed E-state index contributed by atoms with van der Waals surface area (Å²) in [5, 5.41) is 23.3. The molecule has 1 aliphatic rings. The molecule has 1 unspecified atom stereocenters. The first-order valence-corrected chi connectivity index (χ1v) is 7.94. The van der Waals surface area contributed by atoms with Crippen LogP contribution in [0.4, 0.5) is 0 Å². The van der Waals surface area contributed by atoms with Gasteiger partial charge in [0.15, 0.2) is 0 Å². The first-order valence-electron chi connectivity index (χ1n) is 7.94. The van der Waals surface area contributed by atoms with Crippen LogP contribution in [0.3, 0.4) is 0 Å². The molecule has 1 aromatic rings. The molecule has 1 fully saturated rings. The van der Waals surface area contributed by atoms with E-state index in [1.807, 2.05) is 38.1 Å². The van der Waals surface area contributed by atoms with Gasteiger partial charge in [-0.25, -0.2) is 0 Å². The van der Waals surface area contributed by atoms with Crippen molar-refractivity contribution in [3.63, 3.8) is 0 Å². The number of nitrogens with zero attached hydrogens (tertiary/aromatic N) is 1. The fraction of sp³-hybridized carbons (Fsp3) is 0.647. The van der Waals surface area contributed by atoms with Gasteiger partial charge in [0.25, 0.3) is 0 Å². The van der Waals surface area contributed by atoms with Gasteiger partial charge < -0.3 is 20.4 Å². The molecule has 1 heterocycles. The molecule has 4 heteroatoms. The maximum absolute atomic E-state index is 10.7. The van der Waals surface area contributed by atoms with Crippen LogP contribution in [0.5, 0.6) is 0 Å². The van der Waals surface area contributed by atoms with E-state index >= 15 is 0 Å². The maximum Gasteiger partial charge on any atom is 0.0955 e. The van der Waals surface area contributed by atoms with Crippen molar-refractivity contribution in [3.8, 4) is 0 Å². The first kappa shape index (κ1) is 16.4. The number of aliphatic hydroxyl groups is 2. The van der Waals surface area contributed by atoms with E-state index < -0.39 is 6.10 Å². The molecule has 0 saturated carbocycles. The van der Waals surface area contributed by atoms with E-state index in [9.17, 15) is 10.2 Å². The van der Waals surface area contributed by atoms with Crippen molar-refractivity contribution in [2.45, 2.75) is 44.9 Å². The molecule has 1 aliphatic heterocycles. The minimum Gasteiger partial charge on any atom is -0.395 e. The summed E-state index contributed by atoms with van der Waals surface area (Å²) in [5.74, 6) is 0. The second-order valence-corrected chi connectivity index (χ2v) is 6.22. The fourth-order valence-corrected chi connectivity index (χ4v) is 2.90. The molecule has 0 bridgehead atoms. The summed E-state index contributed by atoms with van der Waals surface area (Å²) in [6.07, 6.45) is 1.92. The number of rotatable bonds is 7. The number of aliphatic hydroxyl groups excluding tert-OH is 2. The van der Waals surface area contributed by atoms with E-state index in [4.69, 9.17) is 0 Å². The normalized spacial score (nSPS) is 20.4. The van der Waals surface area contributed by atoms with Gasteiger partial charge in [-0.15, -0.1) is 0 Å². The zero-order valence-electron chi connectivity index (χ0n) is 13.1. The van der Waals surface area contributed by atoms with Crippen molar-refractivity contribution in [1.29, 1.82) is 0 Å². The SMILES string of the molecule is Cc1ccc([C@@H](O)[C@@H](CN2CCCC2)NC(C)CO)cc1. The molecule has 0 amide bonds. The van der Waals surface area contributed by atoms with Gasteiger partial charge in [-0.05, 0) is 45.3 Å². The van der Waals surface area contributed by atoms with Crippen LogP contribution in [-0.2, 0) is 0 Å². The molecular formula is C17H28N2O2. The Labute approximate surface area is 127 Å². The van der Waals surface area contributed by atoms with Crippen LogP contribution in [0.1, 0.15) is 37.0 Å². The summed E-state index contributed by atoms with van der Waals surface area (Å²) in [6.45, 7) is 7.10. The molecule has 118 valence electrons. The lowest BCUT2D eigenvalue weighted by atomic mass is 10.00. The van der Waals surface area contributed by atoms with E-state index in [-0.39, 0.29) is 18.7 Å². The van der Waals surface area contributed by atoms with E-state index in [1.165, 1.54) is 18.4 Å². The smallest absolute Gasteiger partial charge is 0.0955 e. The third-order valence-corrected chi connectivity index (χ3v) is 4.23. The molecule has 0 spiro atoms. The molecule has 4 nitrogen and oxygen atoms in total. The topological polar surface area (TPSA) is 55.7 Å². The Kier molecular flexibility index (Phi) is 6.18. The average Bonchev–Trinajstić information content (AvgIpc) is 2.99. The predicted molar refractivity (Wildman–Crippen MR) is 85.3 cm³/mol. The molecule has 0 radical (unpaired) electrons. The number of nitrogens with one attached hydrogen (secondary N) is 1. The largest absolute Gasteiger partial charge is 0.395 e. The van der Waals surface area contributed by atoms with Crippen molar-refractivity contribution >= 4 is 0 Å². The summed E-state index contributed by atoms with van der Waals surface area (Å²) in [4.78, 5) is 2.39. The van der Waals surface area contributed by atoms with Gasteiger partial charge in [-0.1, -0.05) is 29.8 Å². The Bertz CT molecular complexity index is 415. The van der Waals surface area contributed by atoms with Crippen LogP contribution in [0.15, 0.2) is 24.3 Å². The maximum atomic E-state index is 10.7. The van der Waals surface area contributed by atoms with Gasteiger partial charge in [0.1, 0.15) is 0 Å². The van der Waals surface area contributed by atoms with Crippen LogP contribution in [0, 0.1) is 6.92 Å². The molecule has 0 aromatic heterocycles. The minimum atomic E-state index is -0.555. The van der Waals surface area contributed by atoms with Crippen LogP contribution in [0.25, 0.3) is 0 Å². The second-order valence-electron chi connectivity index (χ2n) is 6.22. The standard InChI is InChI=1S/C17H28N2O2/c1-13-5-7-15(8-6-13)17(21)16(18-14(2)12-20)11-19-9-3-4-10-19/h5-8,14,16-18,20-21H,3-4,9-12H2,1-2H3/t14?,16-,17-/m1/s1. The van der Waals surface area contributed by atoms with Crippen molar-refractivity contribution in [1.82, 2.24) is 10.2 Å². The average molecular weight is 292 g/mol. The third kappa shape index (κ3) is 4.78. The zero-order valence-corrected chi connectivity index (χ0v) is 13.1. The highest BCUT2D eigenvalue weighted by Gasteiger charge is 2.25. The zero-order chi connectivity index (χ0) is 15.2. The van der Waals surface area contributed by atoms with Crippen LogP contribution in [-0.4, -0.2) is 53.4 Å². The summed E-state index contributed by atoms with van der Waals surface area (Å²) in [5.41, 5.74) is 2.13. The van der Waals surface area contributed by atoms with Gasteiger partial charge in [0.05, 0.1) is 18.8 Å². The van der Waals surface area contributed by atoms with Crippen molar-refractivity contribution in [2.24, 2.45) is 0 Å². The highest BCUT2D eigenvalue weighted by atomic mass is 16.3. The molecular weight excluding hydrogens is 264 g/mol. The Balaban J connectivity index is 2.06. The van der Waals surface area contributed by atoms with Crippen molar-refractivity contribution < 1.29 is 10.2 Å². The molecule has 0 aliphatic carbocycles. The monoisotopic (exact) mass is 292 g/mol. The summed E-state index contributed by atoms with van der Waals surface area (Å²) in [6, 6.07) is 7.96. The highest BCUT2D eigenvalue weighted by Crippen LogP contribution is 2.20. The molecule has 3 atom stereocenters. The molecule has 3 N–H and O–H groups in total. The minimum absolute atomic E-state index is 0.0160. The Hall–Kier alpha value is -0.940. The lowest BCUT2D eigenvalue weighted by Crippen LogP contribution is -2.48. The van der Waals surface area contributed by atoms with Crippen LogP contribution < -0.4 is 5.32 Å². The quantitative estimate of drug-likeness (QED) is 0.712. The predicted octanol–water partition coefficient (Wildman–Crippen LogP) is 1.46. The lowest BCUT2D eigenvalue weighted by Gasteiger charge is -2.31. The second kappa shape index (κ2) is 7.90.